The Morgan fingerprint density at radius 1 is 1.26 bits per heavy atom. The second kappa shape index (κ2) is 8.80. The minimum atomic E-state index is -0.128. The number of thiophene rings is 1. The number of aromatic amines is 1. The molecular formula is C23H26N4O3S. The fourth-order valence-corrected chi connectivity index (χ4v) is 5.34. The van der Waals surface area contributed by atoms with Crippen LogP contribution < -0.4 is 15.8 Å². The van der Waals surface area contributed by atoms with Crippen LogP contribution in [0.1, 0.15) is 25.7 Å². The highest BCUT2D eigenvalue weighted by Gasteiger charge is 2.28. The van der Waals surface area contributed by atoms with Crippen molar-refractivity contribution < 1.29 is 9.53 Å². The number of nitrogens with one attached hydrogen (secondary N) is 2. The summed E-state index contributed by atoms with van der Waals surface area (Å²) in [5.74, 6) is 0.487. The summed E-state index contributed by atoms with van der Waals surface area (Å²) < 4.78 is 6.23. The summed E-state index contributed by atoms with van der Waals surface area (Å²) >= 11 is 1.41. The number of carbonyl (C=O) groups excluding carboxylic acids is 1. The number of nitrogens with zero attached hydrogens (tertiary/aromatic N) is 2. The average Bonchev–Trinajstić information content (AvgIpc) is 3.48. The van der Waals surface area contributed by atoms with Crippen LogP contribution in [-0.2, 0) is 9.53 Å². The van der Waals surface area contributed by atoms with Gasteiger partial charge >= 0.3 is 0 Å². The van der Waals surface area contributed by atoms with E-state index < -0.39 is 0 Å². The van der Waals surface area contributed by atoms with Crippen molar-refractivity contribution in [2.24, 2.45) is 5.92 Å². The maximum atomic E-state index is 12.7. The Morgan fingerprint density at radius 2 is 2.13 bits per heavy atom. The quantitative estimate of drug-likeness (QED) is 0.639. The number of benzene rings is 1. The number of rotatable bonds is 5. The number of hydrogen-bond acceptors (Lipinski definition) is 6. The van der Waals surface area contributed by atoms with Crippen molar-refractivity contribution in [2.45, 2.75) is 31.8 Å². The third-order valence-corrected chi connectivity index (χ3v) is 7.09. The van der Waals surface area contributed by atoms with Gasteiger partial charge in [0.25, 0.3) is 5.56 Å². The molecule has 2 saturated heterocycles. The lowest BCUT2D eigenvalue weighted by molar-refractivity contribution is -0.125. The molecule has 8 heteroatoms. The molecule has 0 aliphatic carbocycles. The first-order valence-electron chi connectivity index (χ1n) is 10.9. The molecule has 31 heavy (non-hydrogen) atoms. The van der Waals surface area contributed by atoms with E-state index in [-0.39, 0.29) is 23.5 Å². The minimum Gasteiger partial charge on any atom is -0.376 e. The highest BCUT2D eigenvalue weighted by atomic mass is 32.1. The van der Waals surface area contributed by atoms with Crippen molar-refractivity contribution in [2.75, 3.05) is 31.1 Å². The Balaban J connectivity index is 1.36. The number of aromatic nitrogens is 2. The van der Waals surface area contributed by atoms with Crippen molar-refractivity contribution in [3.8, 4) is 11.1 Å². The van der Waals surface area contributed by atoms with Gasteiger partial charge in [-0.25, -0.2) is 4.98 Å². The molecule has 1 aromatic carbocycles. The van der Waals surface area contributed by atoms with Crippen LogP contribution in [0.3, 0.4) is 0 Å². The zero-order valence-electron chi connectivity index (χ0n) is 17.3. The minimum absolute atomic E-state index is 0.0594. The molecular weight excluding hydrogens is 412 g/mol. The fraction of sp³-hybridized carbons (Fsp3) is 0.435. The Morgan fingerprint density at radius 3 is 2.94 bits per heavy atom. The van der Waals surface area contributed by atoms with Crippen LogP contribution in [0, 0.1) is 5.92 Å². The number of fused-ring (bicyclic) bond motifs is 1. The van der Waals surface area contributed by atoms with Gasteiger partial charge in [0.1, 0.15) is 4.70 Å². The van der Waals surface area contributed by atoms with E-state index in [1.165, 1.54) is 11.3 Å². The second-order valence-corrected chi connectivity index (χ2v) is 9.13. The van der Waals surface area contributed by atoms with Crippen LogP contribution >= 0.6 is 11.3 Å². The molecule has 3 aromatic rings. The number of hydrogen-bond donors (Lipinski definition) is 2. The zero-order chi connectivity index (χ0) is 21.2. The number of anilines is 1. The Hall–Kier alpha value is -2.71. The monoisotopic (exact) mass is 438 g/mol. The largest absolute Gasteiger partial charge is 0.376 e. The third kappa shape index (κ3) is 4.22. The van der Waals surface area contributed by atoms with Crippen LogP contribution in [0.15, 0.2) is 40.5 Å². The smallest absolute Gasteiger partial charge is 0.270 e. The normalized spacial score (nSPS) is 21.5. The summed E-state index contributed by atoms with van der Waals surface area (Å²) in [6.07, 6.45) is 3.93. The first-order chi connectivity index (χ1) is 15.2. The topological polar surface area (TPSA) is 87.3 Å². The van der Waals surface area contributed by atoms with E-state index in [2.05, 4.69) is 10.3 Å². The summed E-state index contributed by atoms with van der Waals surface area (Å²) in [4.78, 5) is 35.3. The summed E-state index contributed by atoms with van der Waals surface area (Å²) in [7, 11) is 0. The lowest BCUT2D eigenvalue weighted by Crippen LogP contribution is -2.45. The lowest BCUT2D eigenvalue weighted by atomic mass is 9.97. The molecule has 7 nitrogen and oxygen atoms in total. The van der Waals surface area contributed by atoms with Gasteiger partial charge in [-0.1, -0.05) is 30.3 Å². The van der Waals surface area contributed by atoms with E-state index in [4.69, 9.17) is 9.72 Å². The van der Waals surface area contributed by atoms with Gasteiger partial charge in [0.15, 0.2) is 0 Å². The molecule has 2 aliphatic rings. The molecule has 2 aliphatic heterocycles. The van der Waals surface area contributed by atoms with E-state index in [9.17, 15) is 9.59 Å². The standard InChI is InChI=1S/C23H26N4O3S/c28-21(24-12-17-9-5-11-30-17)16-8-4-10-27(13-16)23-25-19-18(15-6-2-1-3-7-15)14-31-20(19)22(29)26-23/h1-3,6-7,14,16-17H,4-5,8-13H2,(H,24,28)(H,25,26,29). The predicted octanol–water partition coefficient (Wildman–Crippen LogP) is 3.16. The third-order valence-electron chi connectivity index (χ3n) is 6.12. The van der Waals surface area contributed by atoms with E-state index in [0.717, 1.165) is 55.5 Å². The average molecular weight is 439 g/mol. The van der Waals surface area contributed by atoms with Gasteiger partial charge in [-0.05, 0) is 31.2 Å². The number of piperidine rings is 1. The molecule has 2 aromatic heterocycles. The number of carbonyl (C=O) groups is 1. The van der Waals surface area contributed by atoms with Crippen LogP contribution in [0.5, 0.6) is 0 Å². The summed E-state index contributed by atoms with van der Waals surface area (Å²) in [6.45, 7) is 2.68. The van der Waals surface area contributed by atoms with Gasteiger partial charge in [-0.2, -0.15) is 0 Å². The molecule has 5 rings (SSSR count). The Labute approximate surface area is 184 Å². The molecule has 4 heterocycles. The van der Waals surface area contributed by atoms with E-state index in [0.29, 0.717) is 23.7 Å². The van der Waals surface area contributed by atoms with E-state index >= 15 is 0 Å². The van der Waals surface area contributed by atoms with Gasteiger partial charge in [0, 0.05) is 37.2 Å². The van der Waals surface area contributed by atoms with Crippen LogP contribution in [-0.4, -0.2) is 48.2 Å². The summed E-state index contributed by atoms with van der Waals surface area (Å²) in [5.41, 5.74) is 2.61. The molecule has 2 fully saturated rings. The maximum absolute atomic E-state index is 12.7. The molecule has 0 saturated carbocycles. The molecule has 2 atom stereocenters. The second-order valence-electron chi connectivity index (χ2n) is 8.25. The molecule has 2 unspecified atom stereocenters. The van der Waals surface area contributed by atoms with Gasteiger partial charge in [-0.15, -0.1) is 11.3 Å². The molecule has 0 radical (unpaired) electrons. The van der Waals surface area contributed by atoms with Crippen molar-refractivity contribution >= 4 is 33.4 Å². The molecule has 0 bridgehead atoms. The fourth-order valence-electron chi connectivity index (χ4n) is 4.44. The molecule has 1 amide bonds. The van der Waals surface area contributed by atoms with Crippen LogP contribution in [0.4, 0.5) is 5.95 Å². The van der Waals surface area contributed by atoms with Crippen LogP contribution in [0.2, 0.25) is 0 Å². The lowest BCUT2D eigenvalue weighted by Gasteiger charge is -2.32. The first kappa shape index (κ1) is 20.2. The maximum Gasteiger partial charge on any atom is 0.270 e. The predicted molar refractivity (Wildman–Crippen MR) is 123 cm³/mol. The van der Waals surface area contributed by atoms with E-state index in [1.54, 1.807) is 0 Å². The number of ether oxygens (including phenoxy) is 1. The Bertz CT molecular complexity index is 1120. The SMILES string of the molecule is O=C(NCC1CCCO1)C1CCCN(c2nc3c(-c4ccccc4)csc3c(=O)[nH]2)C1. The van der Waals surface area contributed by atoms with Gasteiger partial charge in [0.05, 0.1) is 17.5 Å². The number of H-pyrrole nitrogens is 1. The molecule has 0 spiro atoms. The number of amides is 1. The highest BCUT2D eigenvalue weighted by molar-refractivity contribution is 7.17. The van der Waals surface area contributed by atoms with Crippen LogP contribution in [0.25, 0.3) is 21.3 Å². The zero-order valence-corrected chi connectivity index (χ0v) is 18.1. The van der Waals surface area contributed by atoms with Gasteiger partial charge < -0.3 is 15.0 Å². The van der Waals surface area contributed by atoms with Gasteiger partial charge in [0.2, 0.25) is 11.9 Å². The van der Waals surface area contributed by atoms with Crippen molar-refractivity contribution in [3.05, 3.63) is 46.1 Å². The summed E-state index contributed by atoms with van der Waals surface area (Å²) in [5, 5.41) is 5.04. The van der Waals surface area contributed by atoms with E-state index in [1.807, 2.05) is 40.6 Å². The van der Waals surface area contributed by atoms with Crippen molar-refractivity contribution in [1.82, 2.24) is 15.3 Å². The van der Waals surface area contributed by atoms with Crippen molar-refractivity contribution in [1.29, 1.82) is 0 Å². The molecule has 2 N–H and O–H groups in total. The first-order valence-corrected chi connectivity index (χ1v) is 11.8. The molecule has 162 valence electrons. The highest BCUT2D eigenvalue weighted by Crippen LogP contribution is 2.32. The van der Waals surface area contributed by atoms with Crippen molar-refractivity contribution in [3.63, 3.8) is 0 Å². The summed E-state index contributed by atoms with van der Waals surface area (Å²) in [6, 6.07) is 9.99. The van der Waals surface area contributed by atoms with Gasteiger partial charge in [-0.3, -0.25) is 14.6 Å². The Kier molecular flexibility index (Phi) is 5.74.